The van der Waals surface area contributed by atoms with Gasteiger partial charge in [-0.15, -0.1) is 0 Å². The molecule has 0 heterocycles. The number of benzene rings is 6. The third kappa shape index (κ3) is 53.4. The summed E-state index contributed by atoms with van der Waals surface area (Å²) in [6, 6.07) is 61.4. The molecule has 6 N–H and O–H groups in total. The van der Waals surface area contributed by atoms with Crippen molar-refractivity contribution in [1.82, 2.24) is 19.5 Å². The Morgan fingerprint density at radius 1 is 0.402 bits per heavy atom. The average Bonchev–Trinajstić information content (AvgIpc) is 0.871. The van der Waals surface area contributed by atoms with Crippen molar-refractivity contribution in [2.24, 2.45) is 11.7 Å². The van der Waals surface area contributed by atoms with Crippen molar-refractivity contribution in [3.63, 3.8) is 0 Å². The lowest BCUT2D eigenvalue weighted by Crippen LogP contribution is -2.40. The highest BCUT2D eigenvalue weighted by molar-refractivity contribution is 6.14. The van der Waals surface area contributed by atoms with Gasteiger partial charge in [0.2, 0.25) is 0 Å². The van der Waals surface area contributed by atoms with Crippen LogP contribution in [0.1, 0.15) is 275 Å². The van der Waals surface area contributed by atoms with Crippen LogP contribution in [0.5, 0.6) is 0 Å². The normalized spacial score (nSPS) is 12.9. The van der Waals surface area contributed by atoms with E-state index in [1.54, 1.807) is 6.92 Å². The topological polar surface area (TPSA) is 178 Å². The number of halogens is 1. The van der Waals surface area contributed by atoms with E-state index in [-0.39, 0.29) is 48.3 Å². The predicted molar refractivity (Wildman–Crippen MR) is 452 cm³/mol. The first-order valence-corrected chi connectivity index (χ1v) is 41.4. The number of esters is 2. The molecule has 0 amide bonds. The minimum absolute atomic E-state index is 0.0765. The number of hydrogen-bond donors (Lipinski definition) is 5. The smallest absolute Gasteiger partial charge is 0.323 e. The summed E-state index contributed by atoms with van der Waals surface area (Å²) >= 11 is 5.07. The zero-order chi connectivity index (χ0) is 78.8. The largest absolute Gasteiger partial charge is 0.468 e. The maximum Gasteiger partial charge on any atom is 0.323 e. The van der Waals surface area contributed by atoms with E-state index < -0.39 is 6.04 Å². The van der Waals surface area contributed by atoms with Crippen LogP contribution in [0, 0.1) is 5.92 Å². The van der Waals surface area contributed by atoms with Crippen LogP contribution in [0.3, 0.4) is 0 Å². The quantitative estimate of drug-likeness (QED) is 0.0106. The number of nitrogens with two attached hydrogens (primary N) is 1. The fourth-order valence-corrected chi connectivity index (χ4v) is 12.1. The zero-order valence-corrected chi connectivity index (χ0v) is 69.2. The van der Waals surface area contributed by atoms with Gasteiger partial charge in [0.1, 0.15) is 18.4 Å². The van der Waals surface area contributed by atoms with Gasteiger partial charge in [-0.25, -0.2) is 4.84 Å². The summed E-state index contributed by atoms with van der Waals surface area (Å²) in [4.78, 5) is 42.3. The number of unbranched alkanes of at least 4 members (excludes halogenated alkanes) is 24. The summed E-state index contributed by atoms with van der Waals surface area (Å²) < 4.78 is 9.20. The molecule has 7 atom stereocenters. The fourth-order valence-electron chi connectivity index (χ4n) is 12.0. The van der Waals surface area contributed by atoms with Gasteiger partial charge in [-0.3, -0.25) is 24.3 Å². The summed E-state index contributed by atoms with van der Waals surface area (Å²) in [5.74, 6) is -0.128. The molecular formula is C93H148ClN5O8. The Bertz CT molecular complexity index is 2800. The number of methoxy groups -OCH3 is 2. The Kier molecular flexibility index (Phi) is 62.8. The molecule has 107 heavy (non-hydrogen) atoms. The van der Waals surface area contributed by atoms with Gasteiger partial charge in [0.25, 0.3) is 0 Å². The number of rotatable bonds is 50. The van der Waals surface area contributed by atoms with E-state index in [1.165, 1.54) is 202 Å². The van der Waals surface area contributed by atoms with Gasteiger partial charge in [-0.2, -0.15) is 0 Å². The fraction of sp³-hybridized carbons (Fsp3) is 0.581. The van der Waals surface area contributed by atoms with Crippen LogP contribution in [-0.2, 0) is 63.1 Å². The highest BCUT2D eigenvalue weighted by Crippen LogP contribution is 2.22. The number of aliphatic hydroxyl groups is 3. The van der Waals surface area contributed by atoms with Gasteiger partial charge in [0.05, 0.1) is 32.5 Å². The number of nitrogens with one attached hydrogen (secondary N) is 1. The molecule has 0 saturated carbocycles. The summed E-state index contributed by atoms with van der Waals surface area (Å²) in [5.41, 5.74) is 13.1. The lowest BCUT2D eigenvalue weighted by atomic mass is 10.0. The molecule has 13 nitrogen and oxygen atoms in total. The second-order valence-electron chi connectivity index (χ2n) is 29.4. The lowest BCUT2D eigenvalue weighted by molar-refractivity contribution is -0.147. The average molecular weight is 1500 g/mol. The van der Waals surface area contributed by atoms with Crippen LogP contribution in [0.25, 0.3) is 0 Å². The third-order valence-electron chi connectivity index (χ3n) is 19.3. The van der Waals surface area contributed by atoms with E-state index in [4.69, 9.17) is 27.4 Å². The number of aliphatic hydroxyl groups excluding tert-OH is 3. The van der Waals surface area contributed by atoms with Crippen LogP contribution in [0.2, 0.25) is 0 Å². The molecule has 0 aliphatic heterocycles. The van der Waals surface area contributed by atoms with Crippen molar-refractivity contribution >= 4 is 30.0 Å². The van der Waals surface area contributed by atoms with Crippen LogP contribution < -0.4 is 10.6 Å². The zero-order valence-electron chi connectivity index (χ0n) is 68.4. The molecule has 600 valence electrons. The van der Waals surface area contributed by atoms with Crippen molar-refractivity contribution in [3.05, 3.63) is 215 Å². The van der Waals surface area contributed by atoms with Gasteiger partial charge in [0, 0.05) is 58.0 Å². The number of hydrogen-bond acceptors (Lipinski definition) is 13. The minimum atomic E-state index is -0.429. The Morgan fingerprint density at radius 2 is 0.645 bits per heavy atom. The second kappa shape index (κ2) is 68.0. The van der Waals surface area contributed by atoms with Crippen molar-refractivity contribution < 1.29 is 39.2 Å². The molecule has 0 aliphatic carbocycles. The first-order valence-electron chi connectivity index (χ1n) is 41.0. The van der Waals surface area contributed by atoms with E-state index in [1.807, 2.05) is 107 Å². The Labute approximate surface area is 656 Å². The van der Waals surface area contributed by atoms with Gasteiger partial charge in [-0.05, 0) is 98.5 Å². The van der Waals surface area contributed by atoms with E-state index in [0.29, 0.717) is 25.6 Å². The molecule has 0 aromatic heterocycles. The van der Waals surface area contributed by atoms with E-state index >= 15 is 0 Å². The molecule has 0 fully saturated rings. The molecule has 6 aromatic carbocycles. The summed E-state index contributed by atoms with van der Waals surface area (Å²) in [6.07, 6.45) is 37.7. The first-order chi connectivity index (χ1) is 51.9. The lowest BCUT2D eigenvalue weighted by Gasteiger charge is -2.32. The highest BCUT2D eigenvalue weighted by Gasteiger charge is 2.24. The van der Waals surface area contributed by atoms with E-state index in [2.05, 4.69) is 154 Å². The molecule has 6 rings (SSSR count). The number of carbonyl (C=O) groups is 3. The summed E-state index contributed by atoms with van der Waals surface area (Å²) in [5, 5.41) is 28.7. The Morgan fingerprint density at radius 3 is 0.869 bits per heavy atom. The van der Waals surface area contributed by atoms with Crippen LogP contribution in [0.4, 0.5) is 0 Å². The van der Waals surface area contributed by atoms with Crippen molar-refractivity contribution in [1.29, 1.82) is 0 Å². The van der Waals surface area contributed by atoms with Crippen molar-refractivity contribution in [3.8, 4) is 0 Å². The number of ether oxygens (including phenoxy) is 2. The van der Waals surface area contributed by atoms with Crippen LogP contribution >= 0.6 is 11.8 Å². The number of aldehydes is 1. The predicted octanol–water partition coefficient (Wildman–Crippen LogP) is 21.5. The molecule has 0 saturated heterocycles. The Hall–Kier alpha value is -6.10. The standard InChI is InChI=1S/C32H51NO.C18H21NO2.C18H39NO.C17H19NO.C4H8ClNO2.C4H10O/c1-3-4-5-6-7-8-9-10-11-12-13-14-21-26-32(34)29(2)33(27-30-22-17-15-18-23-30)28-31-24-19-16-20-25-31;1-15(18(20)21-2)19(13-16-9-5-3-6-10-16)14-17-11-7-4-8-12-17;1-3-4-5-6-7-8-9-10-11-12-13-14-15-16-18(20)17(2)19;1-15(14-19)18(12-16-8-4-2-5-9-16)13-17-10-6-3-7-11-17;1-3(6-5)4(7)8-2;1-4(2)3-5/h15-20,22-25,29,32,34H,3-14,21,26-28H2,1-2H3;3-12,15H,13-14H2,1-2H3;17-18,20H,3-16,19H2,1-2H3;2-11,14-15H,12-13H2,1H3;3,6H,1-2H3;4-5H,3H2,1-2H3/t29-,32?;15-;;;3-;/m00..0./s1. The highest BCUT2D eigenvalue weighted by atomic mass is 35.5. The molecule has 0 radical (unpaired) electrons. The van der Waals surface area contributed by atoms with Gasteiger partial charge in [-0.1, -0.05) is 377 Å². The van der Waals surface area contributed by atoms with Crippen LogP contribution in [-0.4, -0.2) is 111 Å². The first kappa shape index (κ1) is 98.9. The number of carbonyl (C=O) groups excluding carboxylic acids is 3. The maximum absolute atomic E-state index is 11.9. The van der Waals surface area contributed by atoms with Crippen molar-refractivity contribution in [2.45, 2.75) is 324 Å². The van der Waals surface area contributed by atoms with E-state index in [9.17, 15) is 24.6 Å². The maximum atomic E-state index is 11.9. The minimum Gasteiger partial charge on any atom is -0.468 e. The monoisotopic (exact) mass is 1500 g/mol. The molecule has 0 bridgehead atoms. The Balaban J connectivity index is 0.000000691. The van der Waals surface area contributed by atoms with E-state index in [0.717, 1.165) is 58.1 Å². The van der Waals surface area contributed by atoms with Crippen LogP contribution in [0.15, 0.2) is 182 Å². The van der Waals surface area contributed by atoms with Gasteiger partial charge >= 0.3 is 11.9 Å². The van der Waals surface area contributed by atoms with Crippen molar-refractivity contribution in [2.75, 3.05) is 20.8 Å². The van der Waals surface area contributed by atoms with Gasteiger partial charge < -0.3 is 35.3 Å². The van der Waals surface area contributed by atoms with Gasteiger partial charge in [0.15, 0.2) is 0 Å². The number of nitrogens with zero attached hydrogens (tertiary/aromatic N) is 3. The third-order valence-corrected chi connectivity index (χ3v) is 19.6. The summed E-state index contributed by atoms with van der Waals surface area (Å²) in [6.45, 7) is 23.1. The molecule has 0 aliphatic rings. The molecule has 4 unspecified atom stereocenters. The second-order valence-corrected chi connectivity index (χ2v) is 29.7. The molecule has 14 heteroatoms. The molecular weight excluding hydrogens is 1350 g/mol. The SMILES string of the molecule is CC(C)CO.CC(C=O)N(Cc1ccccc1)Cc1ccccc1.CCCCCCCCCCCCCCCC(O)C(C)N.CCCCCCCCCCCCCCCC(O)[C@H](C)N(Cc1ccccc1)Cc1ccccc1.COC(=O)[C@H](C)N(Cc1ccccc1)Cc1ccccc1.COC(=O)[C@H](C)NCl. The summed E-state index contributed by atoms with van der Waals surface area (Å²) in [7, 11) is 2.75. The molecule has 6 aromatic rings. The molecule has 0 spiro atoms.